The Labute approximate surface area is 127 Å². The lowest BCUT2D eigenvalue weighted by Crippen LogP contribution is -2.46. The number of nitrogens with one attached hydrogen (secondary N) is 2. The number of rotatable bonds is 3. The molecule has 3 unspecified atom stereocenters. The van der Waals surface area contributed by atoms with Crippen LogP contribution in [0.5, 0.6) is 0 Å². The van der Waals surface area contributed by atoms with Gasteiger partial charge in [-0.05, 0) is 30.2 Å². The molecule has 1 saturated heterocycles. The van der Waals surface area contributed by atoms with E-state index in [-0.39, 0.29) is 24.5 Å². The third kappa shape index (κ3) is 3.25. The molecule has 1 aliphatic carbocycles. The number of fused-ring (bicyclic) bond motifs is 1. The van der Waals surface area contributed by atoms with Gasteiger partial charge in [0, 0.05) is 19.0 Å². The van der Waals surface area contributed by atoms with Gasteiger partial charge in [-0.2, -0.15) is 0 Å². The molecule has 2 amide bonds. The zero-order valence-corrected chi connectivity index (χ0v) is 12.4. The van der Waals surface area contributed by atoms with Crippen molar-refractivity contribution in [2.45, 2.75) is 18.9 Å². The Hall–Kier alpha value is -1.44. The summed E-state index contributed by atoms with van der Waals surface area (Å²) in [7, 11) is 0. The largest absolute Gasteiger partial charge is 0.393 e. The van der Waals surface area contributed by atoms with Crippen molar-refractivity contribution < 1.29 is 14.7 Å². The van der Waals surface area contributed by atoms with Gasteiger partial charge in [0.1, 0.15) is 0 Å². The lowest BCUT2D eigenvalue weighted by Gasteiger charge is -2.17. The van der Waals surface area contributed by atoms with E-state index in [4.69, 9.17) is 0 Å². The number of carbonyl (C=O) groups is 2. The molecule has 2 heterocycles. The fourth-order valence-corrected chi connectivity index (χ4v) is 3.92. The second-order valence-electron chi connectivity index (χ2n) is 5.74. The summed E-state index contributed by atoms with van der Waals surface area (Å²) in [6.45, 7) is 1.87. The van der Waals surface area contributed by atoms with Crippen molar-refractivity contribution in [2.75, 3.05) is 19.6 Å². The number of nitrogens with zero attached hydrogens (tertiary/aromatic N) is 1. The van der Waals surface area contributed by atoms with E-state index in [1.807, 2.05) is 10.3 Å². The molecule has 3 atom stereocenters. The molecule has 0 aromatic carbocycles. The topological polar surface area (TPSA) is 81.7 Å². The van der Waals surface area contributed by atoms with E-state index >= 15 is 0 Å². The number of carbonyl (C=O) groups excluding carboxylic acids is 2. The van der Waals surface area contributed by atoms with Gasteiger partial charge in [-0.1, -0.05) is 6.07 Å². The van der Waals surface area contributed by atoms with Crippen molar-refractivity contribution in [2.24, 2.45) is 11.8 Å². The summed E-state index contributed by atoms with van der Waals surface area (Å²) in [5.41, 5.74) is 4.85. The van der Waals surface area contributed by atoms with E-state index in [0.717, 1.165) is 25.9 Å². The molecule has 2 aliphatic rings. The highest BCUT2D eigenvalue weighted by Crippen LogP contribution is 2.37. The van der Waals surface area contributed by atoms with Gasteiger partial charge in [0.05, 0.1) is 17.5 Å². The maximum absolute atomic E-state index is 11.8. The molecular formula is C14H19N3O3S. The van der Waals surface area contributed by atoms with Crippen LogP contribution >= 0.6 is 11.3 Å². The molecule has 3 rings (SSSR count). The Bertz CT molecular complexity index is 520. The van der Waals surface area contributed by atoms with Gasteiger partial charge in [0.25, 0.3) is 11.8 Å². The van der Waals surface area contributed by atoms with Gasteiger partial charge in [0.2, 0.25) is 0 Å². The quantitative estimate of drug-likeness (QED) is 0.697. The molecular weight excluding hydrogens is 290 g/mol. The van der Waals surface area contributed by atoms with Crippen molar-refractivity contribution in [3.63, 3.8) is 0 Å². The van der Waals surface area contributed by atoms with Crippen molar-refractivity contribution in [1.82, 2.24) is 15.8 Å². The number of thiophene rings is 1. The molecule has 2 fully saturated rings. The molecule has 1 aromatic rings. The van der Waals surface area contributed by atoms with Crippen LogP contribution in [0.4, 0.5) is 0 Å². The molecule has 114 valence electrons. The van der Waals surface area contributed by atoms with Crippen molar-refractivity contribution in [3.8, 4) is 0 Å². The fraction of sp³-hybridized carbons (Fsp3) is 0.571. The number of hydrogen-bond donors (Lipinski definition) is 3. The summed E-state index contributed by atoms with van der Waals surface area (Å²) < 4.78 is 0. The number of aliphatic hydroxyl groups excluding tert-OH is 1. The molecule has 0 spiro atoms. The second-order valence-corrected chi connectivity index (χ2v) is 6.69. The predicted molar refractivity (Wildman–Crippen MR) is 78.6 cm³/mol. The summed E-state index contributed by atoms with van der Waals surface area (Å²) in [5.74, 6) is 0.286. The van der Waals surface area contributed by atoms with Crippen LogP contribution in [-0.2, 0) is 4.79 Å². The van der Waals surface area contributed by atoms with Gasteiger partial charge in [-0.15, -0.1) is 11.3 Å². The van der Waals surface area contributed by atoms with E-state index in [0.29, 0.717) is 16.7 Å². The van der Waals surface area contributed by atoms with Gasteiger partial charge in [-0.3, -0.25) is 25.3 Å². The SMILES string of the molecule is O=C(CN1CC2CCC(O)C2C1)NNC(=O)c1cccs1. The monoisotopic (exact) mass is 309 g/mol. The molecule has 0 bridgehead atoms. The molecule has 3 N–H and O–H groups in total. The number of likely N-dealkylation sites (tertiary alicyclic amines) is 1. The van der Waals surface area contributed by atoms with E-state index in [9.17, 15) is 14.7 Å². The standard InChI is InChI=1S/C14H19N3O3S/c18-11-4-3-9-6-17(7-10(9)11)8-13(19)15-16-14(20)12-2-1-5-21-12/h1-2,5,9-11,18H,3-4,6-8H2,(H,15,19)(H,16,20). The summed E-state index contributed by atoms with van der Waals surface area (Å²) in [5, 5.41) is 11.7. The average Bonchev–Trinajstić information content (AvgIpc) is 3.16. The highest BCUT2D eigenvalue weighted by atomic mass is 32.1. The Balaban J connectivity index is 1.42. The van der Waals surface area contributed by atoms with Gasteiger partial charge >= 0.3 is 0 Å². The van der Waals surface area contributed by atoms with E-state index < -0.39 is 0 Å². The summed E-state index contributed by atoms with van der Waals surface area (Å²) in [6.07, 6.45) is 1.70. The summed E-state index contributed by atoms with van der Waals surface area (Å²) in [6, 6.07) is 3.49. The highest BCUT2D eigenvalue weighted by Gasteiger charge is 2.42. The third-order valence-corrected chi connectivity index (χ3v) is 5.19. The minimum Gasteiger partial charge on any atom is -0.393 e. The van der Waals surface area contributed by atoms with Crippen LogP contribution in [0, 0.1) is 11.8 Å². The lowest BCUT2D eigenvalue weighted by atomic mass is 10.00. The average molecular weight is 309 g/mol. The summed E-state index contributed by atoms with van der Waals surface area (Å²) >= 11 is 1.33. The Morgan fingerprint density at radius 2 is 2.19 bits per heavy atom. The van der Waals surface area contributed by atoms with Crippen LogP contribution < -0.4 is 10.9 Å². The number of hydrogen-bond acceptors (Lipinski definition) is 5. The van der Waals surface area contributed by atoms with Crippen LogP contribution in [0.3, 0.4) is 0 Å². The van der Waals surface area contributed by atoms with Crippen molar-refractivity contribution in [1.29, 1.82) is 0 Å². The zero-order valence-electron chi connectivity index (χ0n) is 11.6. The van der Waals surface area contributed by atoms with E-state index in [1.165, 1.54) is 11.3 Å². The van der Waals surface area contributed by atoms with Gasteiger partial charge < -0.3 is 5.11 Å². The predicted octanol–water partition coefficient (Wildman–Crippen LogP) is 0.212. The normalized spacial score (nSPS) is 28.3. The smallest absolute Gasteiger partial charge is 0.279 e. The number of amides is 2. The molecule has 21 heavy (non-hydrogen) atoms. The maximum Gasteiger partial charge on any atom is 0.279 e. The first-order chi connectivity index (χ1) is 10.1. The molecule has 0 radical (unpaired) electrons. The van der Waals surface area contributed by atoms with Crippen LogP contribution in [0.25, 0.3) is 0 Å². The number of aliphatic hydroxyl groups is 1. The second kappa shape index (κ2) is 6.13. The third-order valence-electron chi connectivity index (χ3n) is 4.32. The first kappa shape index (κ1) is 14.5. The minimum atomic E-state index is -0.299. The number of hydrazine groups is 1. The first-order valence-electron chi connectivity index (χ1n) is 7.16. The summed E-state index contributed by atoms with van der Waals surface area (Å²) in [4.78, 5) is 26.1. The fourth-order valence-electron chi connectivity index (χ4n) is 3.30. The molecule has 1 aliphatic heterocycles. The van der Waals surface area contributed by atoms with Crippen LogP contribution in [0.2, 0.25) is 0 Å². The van der Waals surface area contributed by atoms with Crippen LogP contribution in [-0.4, -0.2) is 47.6 Å². The van der Waals surface area contributed by atoms with Gasteiger partial charge in [0.15, 0.2) is 0 Å². The van der Waals surface area contributed by atoms with Crippen LogP contribution in [0.15, 0.2) is 17.5 Å². The van der Waals surface area contributed by atoms with E-state index in [2.05, 4.69) is 10.9 Å². The molecule has 7 heteroatoms. The maximum atomic E-state index is 11.8. The van der Waals surface area contributed by atoms with Gasteiger partial charge in [-0.25, -0.2) is 0 Å². The van der Waals surface area contributed by atoms with Crippen molar-refractivity contribution in [3.05, 3.63) is 22.4 Å². The lowest BCUT2D eigenvalue weighted by molar-refractivity contribution is -0.122. The minimum absolute atomic E-state index is 0.221. The molecule has 6 nitrogen and oxygen atoms in total. The Kier molecular flexibility index (Phi) is 4.23. The van der Waals surface area contributed by atoms with E-state index in [1.54, 1.807) is 12.1 Å². The molecule has 1 aromatic heterocycles. The Morgan fingerprint density at radius 3 is 2.90 bits per heavy atom. The Morgan fingerprint density at radius 1 is 1.33 bits per heavy atom. The van der Waals surface area contributed by atoms with Crippen LogP contribution in [0.1, 0.15) is 22.5 Å². The zero-order chi connectivity index (χ0) is 14.8. The highest BCUT2D eigenvalue weighted by molar-refractivity contribution is 7.12. The molecule has 1 saturated carbocycles. The van der Waals surface area contributed by atoms with Crippen molar-refractivity contribution >= 4 is 23.2 Å². The first-order valence-corrected chi connectivity index (χ1v) is 8.04.